The number of carbonyl (C=O) groups excluding carboxylic acids is 1. The predicted molar refractivity (Wildman–Crippen MR) is 81.4 cm³/mol. The Bertz CT molecular complexity index is 594. The molecule has 2 N–H and O–H groups in total. The van der Waals surface area contributed by atoms with E-state index in [1.807, 2.05) is 20.8 Å². The van der Waals surface area contributed by atoms with Gasteiger partial charge in [0.25, 0.3) is 5.91 Å². The molecule has 1 amide bonds. The fourth-order valence-electron chi connectivity index (χ4n) is 1.53. The second-order valence-electron chi connectivity index (χ2n) is 5.41. The van der Waals surface area contributed by atoms with Gasteiger partial charge in [0.05, 0.1) is 11.9 Å². The van der Waals surface area contributed by atoms with Crippen molar-refractivity contribution in [2.45, 2.75) is 33.7 Å². The molecule has 1 aromatic rings. The highest BCUT2D eigenvalue weighted by Gasteiger charge is 2.14. The number of anilines is 1. The molecule has 0 radical (unpaired) electrons. The van der Waals surface area contributed by atoms with Gasteiger partial charge in [0.15, 0.2) is 0 Å². The number of hydrogen-bond acceptors (Lipinski definition) is 3. The maximum atomic E-state index is 12.1. The molecule has 0 unspecified atom stereocenters. The summed E-state index contributed by atoms with van der Waals surface area (Å²) in [7, 11) is -3.36. The minimum Gasteiger partial charge on any atom is -0.349 e. The molecule has 0 spiro atoms. The normalized spacial score (nSPS) is 13.1. The zero-order valence-corrected chi connectivity index (χ0v) is 13.3. The van der Waals surface area contributed by atoms with Crippen molar-refractivity contribution in [3.8, 4) is 0 Å². The number of hydrogen-bond donors (Lipinski definition) is 2. The third kappa shape index (κ3) is 4.85. The Morgan fingerprint density at radius 2 is 1.80 bits per heavy atom. The van der Waals surface area contributed by atoms with Gasteiger partial charge in [0.1, 0.15) is 0 Å². The van der Waals surface area contributed by atoms with Crippen LogP contribution in [-0.2, 0) is 10.0 Å². The molecule has 1 aromatic carbocycles. The second kappa shape index (κ2) is 6.26. The molecular weight excluding hydrogens is 276 g/mol. The lowest BCUT2D eigenvalue weighted by atomic mass is 10.1. The summed E-state index contributed by atoms with van der Waals surface area (Å²) in [5.41, 5.74) is 1.63. The van der Waals surface area contributed by atoms with Crippen molar-refractivity contribution in [3.05, 3.63) is 29.3 Å². The summed E-state index contributed by atoms with van der Waals surface area (Å²) < 4.78 is 25.0. The molecule has 0 aliphatic heterocycles. The highest BCUT2D eigenvalue weighted by molar-refractivity contribution is 7.92. The van der Waals surface area contributed by atoms with E-state index in [9.17, 15) is 13.2 Å². The third-order valence-electron chi connectivity index (χ3n) is 3.15. The largest absolute Gasteiger partial charge is 0.349 e. The van der Waals surface area contributed by atoms with Crippen molar-refractivity contribution in [2.24, 2.45) is 5.92 Å². The molecule has 0 saturated carbocycles. The molecule has 0 heterocycles. The van der Waals surface area contributed by atoms with Crippen LogP contribution in [0.4, 0.5) is 5.69 Å². The summed E-state index contributed by atoms with van der Waals surface area (Å²) in [6.07, 6.45) is 1.08. The van der Waals surface area contributed by atoms with Crippen molar-refractivity contribution >= 4 is 21.6 Å². The number of nitrogens with one attached hydrogen (secondary N) is 2. The predicted octanol–water partition coefficient (Wildman–Crippen LogP) is 2.14. The molecule has 0 fully saturated rings. The number of carbonyl (C=O) groups is 1. The van der Waals surface area contributed by atoms with Gasteiger partial charge in [-0.25, -0.2) is 8.42 Å². The molecule has 1 rings (SSSR count). The SMILES string of the molecule is Cc1ccc(C(=O)N[C@H](C)C(C)C)cc1NS(C)(=O)=O. The van der Waals surface area contributed by atoms with Crippen LogP contribution in [0, 0.1) is 12.8 Å². The van der Waals surface area contributed by atoms with Gasteiger partial charge in [-0.2, -0.15) is 0 Å². The molecule has 0 saturated heterocycles. The van der Waals surface area contributed by atoms with E-state index in [1.165, 1.54) is 0 Å². The number of aryl methyl sites for hydroxylation is 1. The van der Waals surface area contributed by atoms with Crippen LogP contribution in [-0.4, -0.2) is 26.6 Å². The first-order valence-corrected chi connectivity index (χ1v) is 8.38. The Kier molecular flexibility index (Phi) is 5.16. The van der Waals surface area contributed by atoms with Crippen molar-refractivity contribution in [1.82, 2.24) is 5.32 Å². The maximum Gasteiger partial charge on any atom is 0.251 e. The van der Waals surface area contributed by atoms with Gasteiger partial charge in [0, 0.05) is 11.6 Å². The van der Waals surface area contributed by atoms with Crippen molar-refractivity contribution in [3.63, 3.8) is 0 Å². The highest BCUT2D eigenvalue weighted by atomic mass is 32.2. The molecule has 0 aromatic heterocycles. The molecule has 5 nitrogen and oxygen atoms in total. The van der Waals surface area contributed by atoms with E-state index in [0.717, 1.165) is 11.8 Å². The molecule has 112 valence electrons. The summed E-state index contributed by atoms with van der Waals surface area (Å²) in [4.78, 5) is 12.1. The van der Waals surface area contributed by atoms with Gasteiger partial charge in [-0.3, -0.25) is 9.52 Å². The average molecular weight is 298 g/mol. The Morgan fingerprint density at radius 1 is 1.20 bits per heavy atom. The van der Waals surface area contributed by atoms with Crippen LogP contribution in [0.1, 0.15) is 36.7 Å². The van der Waals surface area contributed by atoms with Gasteiger partial charge in [0.2, 0.25) is 10.0 Å². The molecule has 1 atom stereocenters. The van der Waals surface area contributed by atoms with E-state index >= 15 is 0 Å². The third-order valence-corrected chi connectivity index (χ3v) is 3.74. The lowest BCUT2D eigenvalue weighted by molar-refractivity contribution is 0.0930. The number of sulfonamides is 1. The minimum absolute atomic E-state index is 0.0510. The molecular formula is C14H22N2O3S. The second-order valence-corrected chi connectivity index (χ2v) is 7.16. The fraction of sp³-hybridized carbons (Fsp3) is 0.500. The summed E-state index contributed by atoms with van der Waals surface area (Å²) in [5, 5.41) is 2.89. The van der Waals surface area contributed by atoms with E-state index in [-0.39, 0.29) is 11.9 Å². The van der Waals surface area contributed by atoms with Crippen LogP contribution < -0.4 is 10.0 Å². The molecule has 0 bridgehead atoms. The Balaban J connectivity index is 2.97. The molecule has 20 heavy (non-hydrogen) atoms. The fourth-order valence-corrected chi connectivity index (χ4v) is 2.15. The minimum atomic E-state index is -3.36. The number of amides is 1. The van der Waals surface area contributed by atoms with Crippen LogP contribution >= 0.6 is 0 Å². The lowest BCUT2D eigenvalue weighted by Crippen LogP contribution is -2.36. The summed E-state index contributed by atoms with van der Waals surface area (Å²) in [5.74, 6) is 0.126. The number of benzene rings is 1. The lowest BCUT2D eigenvalue weighted by Gasteiger charge is -2.18. The van der Waals surface area contributed by atoms with Crippen molar-refractivity contribution in [1.29, 1.82) is 0 Å². The van der Waals surface area contributed by atoms with Gasteiger partial charge >= 0.3 is 0 Å². The van der Waals surface area contributed by atoms with Crippen LogP contribution in [0.2, 0.25) is 0 Å². The summed E-state index contributed by atoms with van der Waals surface area (Å²) in [6, 6.07) is 5.02. The first-order valence-electron chi connectivity index (χ1n) is 6.49. The Labute approximate surface area is 120 Å². The highest BCUT2D eigenvalue weighted by Crippen LogP contribution is 2.18. The van der Waals surface area contributed by atoms with E-state index in [4.69, 9.17) is 0 Å². The van der Waals surface area contributed by atoms with Crippen molar-refractivity contribution < 1.29 is 13.2 Å². The van der Waals surface area contributed by atoms with Gasteiger partial charge in [-0.1, -0.05) is 19.9 Å². The maximum absolute atomic E-state index is 12.1. The number of rotatable bonds is 5. The van der Waals surface area contributed by atoms with Gasteiger partial charge in [-0.15, -0.1) is 0 Å². The molecule has 0 aliphatic carbocycles. The quantitative estimate of drug-likeness (QED) is 0.874. The Hall–Kier alpha value is -1.56. The average Bonchev–Trinajstić information content (AvgIpc) is 2.29. The molecule has 0 aliphatic rings. The van der Waals surface area contributed by atoms with Crippen LogP contribution in [0.3, 0.4) is 0 Å². The monoisotopic (exact) mass is 298 g/mol. The topological polar surface area (TPSA) is 75.3 Å². The zero-order valence-electron chi connectivity index (χ0n) is 12.5. The molecule has 6 heteroatoms. The smallest absolute Gasteiger partial charge is 0.251 e. The Morgan fingerprint density at radius 3 is 2.30 bits per heavy atom. The van der Waals surface area contributed by atoms with Crippen LogP contribution in [0.25, 0.3) is 0 Å². The van der Waals surface area contributed by atoms with E-state index in [0.29, 0.717) is 17.2 Å². The zero-order chi connectivity index (χ0) is 15.5. The first-order chi connectivity index (χ1) is 9.10. The van der Waals surface area contributed by atoms with E-state index in [2.05, 4.69) is 10.0 Å². The summed E-state index contributed by atoms with van der Waals surface area (Å²) in [6.45, 7) is 7.77. The first kappa shape index (κ1) is 16.5. The van der Waals surface area contributed by atoms with Crippen LogP contribution in [0.15, 0.2) is 18.2 Å². The van der Waals surface area contributed by atoms with Crippen LogP contribution in [0.5, 0.6) is 0 Å². The van der Waals surface area contributed by atoms with Gasteiger partial charge < -0.3 is 5.32 Å². The van der Waals surface area contributed by atoms with E-state index < -0.39 is 10.0 Å². The van der Waals surface area contributed by atoms with Crippen molar-refractivity contribution in [2.75, 3.05) is 11.0 Å². The summed E-state index contributed by atoms with van der Waals surface area (Å²) >= 11 is 0. The van der Waals surface area contributed by atoms with Gasteiger partial charge in [-0.05, 0) is 37.5 Å². The standard InChI is InChI=1S/C14H22N2O3S/c1-9(2)11(4)15-14(17)12-7-6-10(3)13(8-12)16-20(5,18)19/h6-9,11,16H,1-5H3,(H,15,17)/t11-/m1/s1. The van der Waals surface area contributed by atoms with E-state index in [1.54, 1.807) is 25.1 Å².